The highest BCUT2D eigenvalue weighted by molar-refractivity contribution is 6.04. The number of hydrogen-bond acceptors (Lipinski definition) is 4. The quantitative estimate of drug-likeness (QED) is 0.849. The Balaban J connectivity index is 2.25. The van der Waals surface area contributed by atoms with Crippen LogP contribution in [0, 0.1) is 0 Å². The predicted molar refractivity (Wildman–Crippen MR) is 76.2 cm³/mol. The molecule has 1 amide bonds. The van der Waals surface area contributed by atoms with Gasteiger partial charge in [0.15, 0.2) is 5.69 Å². The van der Waals surface area contributed by atoms with Crippen LogP contribution in [0.2, 0.25) is 0 Å². The van der Waals surface area contributed by atoms with Crippen molar-refractivity contribution in [3.8, 4) is 0 Å². The Morgan fingerprint density at radius 1 is 1.29 bits per heavy atom. The number of carbonyl (C=O) groups is 2. The Morgan fingerprint density at radius 2 is 1.95 bits per heavy atom. The standard InChI is InChI=1S/C14H15N3O4/c1-17(8-4-7-11(18)19)14(21)12-9-5-2-3-6-10(9)13(20)16-15-12/h2-3,5-6H,4,7-8H2,1H3,(H,16,20)(H,18,19). The van der Waals surface area contributed by atoms with E-state index in [1.165, 1.54) is 4.90 Å². The van der Waals surface area contributed by atoms with E-state index in [4.69, 9.17) is 5.11 Å². The summed E-state index contributed by atoms with van der Waals surface area (Å²) < 4.78 is 0. The molecule has 0 fully saturated rings. The lowest BCUT2D eigenvalue weighted by Gasteiger charge is -2.16. The lowest BCUT2D eigenvalue weighted by Crippen LogP contribution is -2.30. The maximum Gasteiger partial charge on any atom is 0.303 e. The van der Waals surface area contributed by atoms with Gasteiger partial charge in [0, 0.05) is 25.4 Å². The Hall–Kier alpha value is -2.70. The van der Waals surface area contributed by atoms with Gasteiger partial charge in [-0.2, -0.15) is 5.10 Å². The topological polar surface area (TPSA) is 103 Å². The van der Waals surface area contributed by atoms with Crippen LogP contribution in [0.5, 0.6) is 0 Å². The van der Waals surface area contributed by atoms with Crippen LogP contribution in [-0.4, -0.2) is 45.7 Å². The number of rotatable bonds is 5. The van der Waals surface area contributed by atoms with Crippen molar-refractivity contribution in [2.45, 2.75) is 12.8 Å². The fraction of sp³-hybridized carbons (Fsp3) is 0.286. The van der Waals surface area contributed by atoms with Crippen LogP contribution < -0.4 is 5.56 Å². The van der Waals surface area contributed by atoms with Crippen molar-refractivity contribution in [2.75, 3.05) is 13.6 Å². The molecule has 0 aliphatic heterocycles. The SMILES string of the molecule is CN(CCCC(=O)O)C(=O)c1n[nH]c(=O)c2ccccc12. The number of carbonyl (C=O) groups excluding carboxylic acids is 1. The zero-order valence-corrected chi connectivity index (χ0v) is 11.5. The van der Waals surface area contributed by atoms with E-state index < -0.39 is 5.97 Å². The molecule has 1 heterocycles. The minimum atomic E-state index is -0.900. The van der Waals surface area contributed by atoms with Crippen molar-refractivity contribution in [1.29, 1.82) is 0 Å². The van der Waals surface area contributed by atoms with Gasteiger partial charge < -0.3 is 10.0 Å². The fourth-order valence-corrected chi connectivity index (χ4v) is 2.03. The molecule has 0 bridgehead atoms. The van der Waals surface area contributed by atoms with Crippen LogP contribution in [0.25, 0.3) is 10.8 Å². The van der Waals surface area contributed by atoms with E-state index in [1.54, 1.807) is 31.3 Å². The second-order valence-corrected chi connectivity index (χ2v) is 4.67. The highest BCUT2D eigenvalue weighted by atomic mass is 16.4. The van der Waals surface area contributed by atoms with Gasteiger partial charge in [-0.1, -0.05) is 18.2 Å². The minimum absolute atomic E-state index is 0.00256. The van der Waals surface area contributed by atoms with Crippen molar-refractivity contribution < 1.29 is 14.7 Å². The van der Waals surface area contributed by atoms with Gasteiger partial charge in [-0.25, -0.2) is 5.10 Å². The maximum atomic E-state index is 12.3. The number of carboxylic acid groups (broad SMARTS) is 1. The van der Waals surface area contributed by atoms with Gasteiger partial charge in [0.25, 0.3) is 11.5 Å². The van der Waals surface area contributed by atoms with E-state index in [2.05, 4.69) is 10.2 Å². The molecule has 0 saturated heterocycles. The van der Waals surface area contributed by atoms with Gasteiger partial charge >= 0.3 is 5.97 Å². The first-order chi connectivity index (χ1) is 10.0. The minimum Gasteiger partial charge on any atom is -0.481 e. The second kappa shape index (κ2) is 6.17. The molecule has 7 heteroatoms. The smallest absolute Gasteiger partial charge is 0.303 e. The van der Waals surface area contributed by atoms with Crippen molar-refractivity contribution in [2.24, 2.45) is 0 Å². The molecule has 0 saturated carbocycles. The van der Waals surface area contributed by atoms with Gasteiger partial charge in [-0.15, -0.1) is 0 Å². The van der Waals surface area contributed by atoms with Crippen LogP contribution >= 0.6 is 0 Å². The molecule has 1 aromatic carbocycles. The third-order valence-electron chi connectivity index (χ3n) is 3.13. The molecule has 0 atom stereocenters. The normalized spacial score (nSPS) is 10.5. The average Bonchev–Trinajstić information content (AvgIpc) is 2.47. The van der Waals surface area contributed by atoms with E-state index >= 15 is 0 Å². The van der Waals surface area contributed by atoms with E-state index in [1.807, 2.05) is 0 Å². The van der Waals surface area contributed by atoms with E-state index in [0.717, 1.165) is 0 Å². The number of hydrogen-bond donors (Lipinski definition) is 2. The summed E-state index contributed by atoms with van der Waals surface area (Å²) in [4.78, 5) is 35.9. The zero-order valence-electron chi connectivity index (χ0n) is 11.5. The molecular weight excluding hydrogens is 274 g/mol. The number of aromatic amines is 1. The number of carboxylic acids is 1. The maximum absolute atomic E-state index is 12.3. The average molecular weight is 289 g/mol. The first-order valence-corrected chi connectivity index (χ1v) is 6.45. The number of fused-ring (bicyclic) bond motifs is 1. The summed E-state index contributed by atoms with van der Waals surface area (Å²) in [5, 5.41) is 15.6. The number of benzene rings is 1. The van der Waals surface area contributed by atoms with Gasteiger partial charge in [-0.3, -0.25) is 14.4 Å². The first-order valence-electron chi connectivity index (χ1n) is 6.45. The summed E-state index contributed by atoms with van der Waals surface area (Å²) in [5.74, 6) is -1.25. The van der Waals surface area contributed by atoms with Gasteiger partial charge in [-0.05, 0) is 12.5 Å². The van der Waals surface area contributed by atoms with Gasteiger partial charge in [0.1, 0.15) is 0 Å². The molecule has 21 heavy (non-hydrogen) atoms. The van der Waals surface area contributed by atoms with Gasteiger partial charge in [0.05, 0.1) is 5.39 Å². The number of H-pyrrole nitrogens is 1. The Morgan fingerprint density at radius 3 is 2.62 bits per heavy atom. The van der Waals surface area contributed by atoms with E-state index in [9.17, 15) is 14.4 Å². The molecule has 110 valence electrons. The third kappa shape index (κ3) is 3.25. The zero-order chi connectivity index (χ0) is 15.4. The highest BCUT2D eigenvalue weighted by Crippen LogP contribution is 2.14. The van der Waals surface area contributed by atoms with E-state index in [-0.39, 0.29) is 23.6 Å². The molecule has 0 unspecified atom stereocenters. The molecule has 2 aromatic rings. The van der Waals surface area contributed by atoms with E-state index in [0.29, 0.717) is 23.7 Å². The summed E-state index contributed by atoms with van der Waals surface area (Å²) in [6.45, 7) is 0.306. The third-order valence-corrected chi connectivity index (χ3v) is 3.13. The lowest BCUT2D eigenvalue weighted by molar-refractivity contribution is -0.137. The van der Waals surface area contributed by atoms with Crippen LogP contribution in [0.15, 0.2) is 29.1 Å². The number of nitrogens with zero attached hydrogens (tertiary/aromatic N) is 2. The second-order valence-electron chi connectivity index (χ2n) is 4.67. The molecule has 0 aliphatic carbocycles. The van der Waals surface area contributed by atoms with Crippen molar-refractivity contribution in [3.63, 3.8) is 0 Å². The first kappa shape index (κ1) is 14.7. The van der Waals surface area contributed by atoms with Crippen molar-refractivity contribution in [3.05, 3.63) is 40.3 Å². The molecule has 2 rings (SSSR count). The van der Waals surface area contributed by atoms with Crippen LogP contribution in [0.1, 0.15) is 23.3 Å². The number of nitrogens with one attached hydrogen (secondary N) is 1. The molecule has 0 radical (unpaired) electrons. The van der Waals surface area contributed by atoms with Gasteiger partial charge in [0.2, 0.25) is 0 Å². The summed E-state index contributed by atoms with van der Waals surface area (Å²) in [6, 6.07) is 6.72. The molecule has 7 nitrogen and oxygen atoms in total. The molecule has 1 aromatic heterocycles. The summed E-state index contributed by atoms with van der Waals surface area (Å²) in [5.41, 5.74) is -0.196. The summed E-state index contributed by atoms with van der Waals surface area (Å²) in [7, 11) is 1.58. The monoisotopic (exact) mass is 289 g/mol. The fourth-order valence-electron chi connectivity index (χ4n) is 2.03. The Bertz CT molecular complexity index is 738. The predicted octanol–water partition coefficient (Wildman–Crippen LogP) is 0.860. The molecule has 0 spiro atoms. The lowest BCUT2D eigenvalue weighted by atomic mass is 10.1. The van der Waals surface area contributed by atoms with Crippen LogP contribution in [0.3, 0.4) is 0 Å². The number of aliphatic carboxylic acids is 1. The number of amides is 1. The van der Waals surface area contributed by atoms with Crippen LogP contribution in [0.4, 0.5) is 0 Å². The largest absolute Gasteiger partial charge is 0.481 e. The van der Waals surface area contributed by atoms with Crippen LogP contribution in [-0.2, 0) is 4.79 Å². The Kier molecular flexibility index (Phi) is 4.32. The van der Waals surface area contributed by atoms with Crippen molar-refractivity contribution in [1.82, 2.24) is 15.1 Å². The molecule has 0 aliphatic rings. The molecular formula is C14H15N3O4. The Labute approximate surface area is 120 Å². The summed E-state index contributed by atoms with van der Waals surface area (Å²) >= 11 is 0. The van der Waals surface area contributed by atoms with Crippen molar-refractivity contribution >= 4 is 22.6 Å². The highest BCUT2D eigenvalue weighted by Gasteiger charge is 2.17. The number of aromatic nitrogens is 2. The summed E-state index contributed by atoms with van der Waals surface area (Å²) in [6.07, 6.45) is 0.357. The molecule has 2 N–H and O–H groups in total.